The van der Waals surface area contributed by atoms with Crippen LogP contribution in [0, 0.1) is 0 Å². The molecule has 0 spiro atoms. The first-order valence-corrected chi connectivity index (χ1v) is 11.8. The molecule has 35 heavy (non-hydrogen) atoms. The maximum atomic E-state index is 5.06. The number of hydrogen-bond donors (Lipinski definition) is 0. The Hall–Kier alpha value is -4.76. The Labute approximate surface area is 203 Å². The summed E-state index contributed by atoms with van der Waals surface area (Å²) in [5, 5.41) is 1.10. The highest BCUT2D eigenvalue weighted by atomic mass is 15.1. The van der Waals surface area contributed by atoms with E-state index in [1.54, 1.807) is 0 Å². The van der Waals surface area contributed by atoms with Crippen molar-refractivity contribution in [3.05, 3.63) is 127 Å². The lowest BCUT2D eigenvalue weighted by Crippen LogP contribution is -1.96. The van der Waals surface area contributed by atoms with Crippen molar-refractivity contribution in [3.8, 4) is 27.9 Å². The molecule has 0 saturated carbocycles. The van der Waals surface area contributed by atoms with Gasteiger partial charge in [-0.2, -0.15) is 0 Å². The lowest BCUT2D eigenvalue weighted by atomic mass is 9.99. The summed E-state index contributed by atoms with van der Waals surface area (Å²) in [4.78, 5) is 10.1. The second kappa shape index (κ2) is 7.93. The van der Waals surface area contributed by atoms with Gasteiger partial charge in [-0.05, 0) is 58.7 Å². The number of nitrogens with zero attached hydrogens (tertiary/aromatic N) is 3. The second-order valence-electron chi connectivity index (χ2n) is 8.73. The molecule has 3 heteroatoms. The summed E-state index contributed by atoms with van der Waals surface area (Å²) in [6.45, 7) is 0. The van der Waals surface area contributed by atoms with E-state index in [0.29, 0.717) is 0 Å². The third-order valence-electron chi connectivity index (χ3n) is 6.60. The van der Waals surface area contributed by atoms with Crippen molar-refractivity contribution in [1.82, 2.24) is 14.5 Å². The Morgan fingerprint density at radius 3 is 1.71 bits per heavy atom. The van der Waals surface area contributed by atoms with Crippen LogP contribution in [0.4, 0.5) is 0 Å². The minimum absolute atomic E-state index is 0.876. The van der Waals surface area contributed by atoms with Gasteiger partial charge in [0.1, 0.15) is 5.52 Å². The molecular formula is C32H21N3. The van der Waals surface area contributed by atoms with Crippen LogP contribution in [-0.4, -0.2) is 14.5 Å². The van der Waals surface area contributed by atoms with Crippen LogP contribution in [0.5, 0.6) is 0 Å². The summed E-state index contributed by atoms with van der Waals surface area (Å²) in [6.07, 6.45) is 0. The van der Waals surface area contributed by atoms with Gasteiger partial charge in [0.25, 0.3) is 0 Å². The topological polar surface area (TPSA) is 30.7 Å². The van der Waals surface area contributed by atoms with Crippen molar-refractivity contribution >= 4 is 33.1 Å². The van der Waals surface area contributed by atoms with Crippen LogP contribution < -0.4 is 0 Å². The van der Waals surface area contributed by atoms with E-state index in [1.807, 2.05) is 36.4 Å². The van der Waals surface area contributed by atoms with E-state index in [-0.39, 0.29) is 0 Å². The highest BCUT2D eigenvalue weighted by Gasteiger charge is 2.16. The molecular weight excluding hydrogens is 426 g/mol. The standard InChI is InChI=1S/C32H21N3/c1-3-9-22(10-4-1)23-15-17-24(18-16-23)25-19-20-30-27(21-25)31-32(35(30)26-11-5-2-6-12-26)34-29-14-8-7-13-28(29)33-31/h1-21H. The van der Waals surface area contributed by atoms with Crippen LogP contribution >= 0.6 is 0 Å². The van der Waals surface area contributed by atoms with Crippen LogP contribution in [0.1, 0.15) is 0 Å². The number of fused-ring (bicyclic) bond motifs is 4. The molecule has 7 rings (SSSR count). The maximum absolute atomic E-state index is 5.06. The fraction of sp³-hybridized carbons (Fsp3) is 0. The van der Waals surface area contributed by atoms with E-state index in [1.165, 1.54) is 22.3 Å². The highest BCUT2D eigenvalue weighted by molar-refractivity contribution is 6.09. The molecule has 0 radical (unpaired) electrons. The maximum Gasteiger partial charge on any atom is 0.165 e. The van der Waals surface area contributed by atoms with Crippen molar-refractivity contribution < 1.29 is 0 Å². The molecule has 0 aliphatic rings. The summed E-state index contributed by atoms with van der Waals surface area (Å²) < 4.78 is 2.21. The summed E-state index contributed by atoms with van der Waals surface area (Å²) >= 11 is 0. The van der Waals surface area contributed by atoms with Gasteiger partial charge >= 0.3 is 0 Å². The molecule has 0 unspecified atom stereocenters. The molecule has 2 heterocycles. The van der Waals surface area contributed by atoms with Crippen LogP contribution in [0.2, 0.25) is 0 Å². The fourth-order valence-electron chi connectivity index (χ4n) is 4.87. The first kappa shape index (κ1) is 19.7. The normalized spacial score (nSPS) is 11.4. The van der Waals surface area contributed by atoms with Gasteiger partial charge in [0.15, 0.2) is 5.65 Å². The van der Waals surface area contributed by atoms with E-state index in [9.17, 15) is 0 Å². The van der Waals surface area contributed by atoms with Gasteiger partial charge in [-0.1, -0.05) is 91.0 Å². The van der Waals surface area contributed by atoms with E-state index >= 15 is 0 Å². The average Bonchev–Trinajstić information content (AvgIpc) is 3.25. The third kappa shape index (κ3) is 3.29. The average molecular weight is 448 g/mol. The predicted molar refractivity (Wildman–Crippen MR) is 145 cm³/mol. The number of benzene rings is 5. The molecule has 0 bridgehead atoms. The SMILES string of the molecule is c1ccc(-c2ccc(-c3ccc4c(c3)c3nc5ccccc5nc3n4-c3ccccc3)cc2)cc1. The quantitative estimate of drug-likeness (QED) is 0.274. The highest BCUT2D eigenvalue weighted by Crippen LogP contribution is 2.34. The first-order chi connectivity index (χ1) is 17.3. The number of aromatic nitrogens is 3. The van der Waals surface area contributed by atoms with Crippen LogP contribution in [0.25, 0.3) is 61.0 Å². The number of hydrogen-bond acceptors (Lipinski definition) is 2. The van der Waals surface area contributed by atoms with Gasteiger partial charge < -0.3 is 0 Å². The fourth-order valence-corrected chi connectivity index (χ4v) is 4.87. The van der Waals surface area contributed by atoms with Crippen molar-refractivity contribution in [2.24, 2.45) is 0 Å². The number of para-hydroxylation sites is 3. The first-order valence-electron chi connectivity index (χ1n) is 11.8. The minimum Gasteiger partial charge on any atom is -0.293 e. The zero-order chi connectivity index (χ0) is 23.2. The Morgan fingerprint density at radius 2 is 1.00 bits per heavy atom. The Bertz CT molecular complexity index is 1820. The largest absolute Gasteiger partial charge is 0.293 e. The predicted octanol–water partition coefficient (Wildman–Crippen LogP) is 8.06. The lowest BCUT2D eigenvalue weighted by molar-refractivity contribution is 1.14. The summed E-state index contributed by atoms with van der Waals surface area (Å²) in [6, 6.07) is 44.3. The summed E-state index contributed by atoms with van der Waals surface area (Å²) in [5.41, 5.74) is 10.6. The minimum atomic E-state index is 0.876. The van der Waals surface area contributed by atoms with Crippen LogP contribution in [-0.2, 0) is 0 Å². The van der Waals surface area contributed by atoms with Crippen molar-refractivity contribution in [2.45, 2.75) is 0 Å². The zero-order valence-corrected chi connectivity index (χ0v) is 19.0. The molecule has 0 aliphatic heterocycles. The zero-order valence-electron chi connectivity index (χ0n) is 19.0. The van der Waals surface area contributed by atoms with Crippen molar-refractivity contribution in [2.75, 3.05) is 0 Å². The molecule has 0 atom stereocenters. The van der Waals surface area contributed by atoms with E-state index in [0.717, 1.165) is 38.8 Å². The van der Waals surface area contributed by atoms with Gasteiger partial charge in [0, 0.05) is 11.1 Å². The van der Waals surface area contributed by atoms with Crippen molar-refractivity contribution in [1.29, 1.82) is 0 Å². The number of rotatable bonds is 3. The molecule has 5 aromatic carbocycles. The van der Waals surface area contributed by atoms with E-state index in [4.69, 9.17) is 9.97 Å². The molecule has 0 N–H and O–H groups in total. The monoisotopic (exact) mass is 447 g/mol. The Kier molecular flexibility index (Phi) is 4.46. The smallest absolute Gasteiger partial charge is 0.165 e. The molecule has 2 aromatic heterocycles. The molecule has 0 amide bonds. The van der Waals surface area contributed by atoms with Crippen molar-refractivity contribution in [3.63, 3.8) is 0 Å². The third-order valence-corrected chi connectivity index (χ3v) is 6.60. The molecule has 0 saturated heterocycles. The molecule has 0 fully saturated rings. The molecule has 164 valence electrons. The van der Waals surface area contributed by atoms with Crippen LogP contribution in [0.3, 0.4) is 0 Å². The Morgan fingerprint density at radius 1 is 0.457 bits per heavy atom. The summed E-state index contributed by atoms with van der Waals surface area (Å²) in [5.74, 6) is 0. The van der Waals surface area contributed by atoms with Gasteiger partial charge in [0.05, 0.1) is 16.6 Å². The van der Waals surface area contributed by atoms with Gasteiger partial charge in [-0.15, -0.1) is 0 Å². The van der Waals surface area contributed by atoms with Gasteiger partial charge in [0.2, 0.25) is 0 Å². The summed E-state index contributed by atoms with van der Waals surface area (Å²) in [7, 11) is 0. The molecule has 3 nitrogen and oxygen atoms in total. The molecule has 0 aliphatic carbocycles. The van der Waals surface area contributed by atoms with Gasteiger partial charge in [-0.3, -0.25) is 4.57 Å². The Balaban J connectivity index is 1.44. The molecule has 7 aromatic rings. The lowest BCUT2D eigenvalue weighted by Gasteiger charge is -2.08. The van der Waals surface area contributed by atoms with Crippen LogP contribution in [0.15, 0.2) is 127 Å². The van der Waals surface area contributed by atoms with Gasteiger partial charge in [-0.25, -0.2) is 9.97 Å². The van der Waals surface area contributed by atoms with E-state index in [2.05, 4.69) is 95.6 Å². The van der Waals surface area contributed by atoms with E-state index < -0.39 is 0 Å². The second-order valence-corrected chi connectivity index (χ2v) is 8.73.